The Balaban J connectivity index is 3.30. The van der Waals surface area contributed by atoms with Crippen molar-refractivity contribution in [1.29, 1.82) is 0 Å². The molecule has 0 rings (SSSR count). The van der Waals surface area contributed by atoms with Gasteiger partial charge in [0.2, 0.25) is 0 Å². The van der Waals surface area contributed by atoms with Gasteiger partial charge in [-0.1, -0.05) is 39.0 Å². The van der Waals surface area contributed by atoms with E-state index in [4.69, 9.17) is 9.47 Å². The summed E-state index contributed by atoms with van der Waals surface area (Å²) in [6, 6.07) is 0. The third-order valence-corrected chi connectivity index (χ3v) is 3.44. The Kier molecular flexibility index (Phi) is 12.5. The van der Waals surface area contributed by atoms with Crippen LogP contribution in [0.5, 0.6) is 0 Å². The quantitative estimate of drug-likeness (QED) is 0.483. The maximum absolute atomic E-state index is 9.76. The van der Waals surface area contributed by atoms with Crippen molar-refractivity contribution in [1.82, 2.24) is 5.32 Å². The molecule has 1 unspecified atom stereocenters. The van der Waals surface area contributed by atoms with Crippen molar-refractivity contribution < 1.29 is 14.6 Å². The molecule has 0 aliphatic carbocycles. The number of nitrogens with one attached hydrogen (secondary N) is 1. The van der Waals surface area contributed by atoms with Crippen molar-refractivity contribution in [3.05, 3.63) is 0 Å². The summed E-state index contributed by atoms with van der Waals surface area (Å²) in [5.41, 5.74) is -0.195. The summed E-state index contributed by atoms with van der Waals surface area (Å²) >= 11 is 0. The summed E-state index contributed by atoms with van der Waals surface area (Å²) in [7, 11) is 1.70. The van der Waals surface area contributed by atoms with E-state index < -0.39 is 6.10 Å². The van der Waals surface area contributed by atoms with Crippen LogP contribution in [0.15, 0.2) is 0 Å². The molecule has 0 heterocycles. The van der Waals surface area contributed by atoms with Gasteiger partial charge in [-0.25, -0.2) is 0 Å². The first-order valence-corrected chi connectivity index (χ1v) is 8.03. The number of hydrogen-bond acceptors (Lipinski definition) is 4. The fraction of sp³-hybridized carbons (Fsp3) is 1.00. The summed E-state index contributed by atoms with van der Waals surface area (Å²) < 4.78 is 10.8. The highest BCUT2D eigenvalue weighted by molar-refractivity contribution is 4.72. The number of aliphatic hydroxyl groups excluding tert-OH is 1. The van der Waals surface area contributed by atoms with E-state index in [1.165, 1.54) is 32.1 Å². The van der Waals surface area contributed by atoms with Crippen LogP contribution in [0.1, 0.15) is 59.3 Å². The van der Waals surface area contributed by atoms with Crippen LogP contribution in [-0.4, -0.2) is 50.2 Å². The van der Waals surface area contributed by atoms with Crippen molar-refractivity contribution in [3.63, 3.8) is 0 Å². The van der Waals surface area contributed by atoms with Crippen LogP contribution in [0.25, 0.3) is 0 Å². The van der Waals surface area contributed by atoms with Crippen molar-refractivity contribution >= 4 is 0 Å². The molecule has 4 nitrogen and oxygen atoms in total. The number of rotatable bonds is 14. The Morgan fingerprint density at radius 2 is 1.75 bits per heavy atom. The topological polar surface area (TPSA) is 50.7 Å². The Morgan fingerprint density at radius 3 is 2.40 bits per heavy atom. The zero-order valence-electron chi connectivity index (χ0n) is 13.9. The van der Waals surface area contributed by atoms with Gasteiger partial charge in [0.05, 0.1) is 18.3 Å². The minimum Gasteiger partial charge on any atom is -0.389 e. The van der Waals surface area contributed by atoms with Gasteiger partial charge in [-0.15, -0.1) is 0 Å². The van der Waals surface area contributed by atoms with E-state index in [-0.39, 0.29) is 5.60 Å². The second-order valence-electron chi connectivity index (χ2n) is 6.09. The van der Waals surface area contributed by atoms with Crippen LogP contribution >= 0.6 is 0 Å². The summed E-state index contributed by atoms with van der Waals surface area (Å²) in [6.45, 7) is 8.69. The van der Waals surface area contributed by atoms with Gasteiger partial charge in [0.25, 0.3) is 0 Å². The average Bonchev–Trinajstić information content (AvgIpc) is 2.41. The first kappa shape index (κ1) is 19.8. The predicted octanol–water partition coefficient (Wildman–Crippen LogP) is 2.74. The van der Waals surface area contributed by atoms with E-state index in [1.807, 2.05) is 13.8 Å². The molecule has 0 aliphatic rings. The molecule has 0 radical (unpaired) electrons. The summed E-state index contributed by atoms with van der Waals surface area (Å²) in [5, 5.41) is 13.0. The Hall–Kier alpha value is -0.160. The molecule has 0 bridgehead atoms. The van der Waals surface area contributed by atoms with E-state index >= 15 is 0 Å². The Bertz CT molecular complexity index is 210. The molecule has 20 heavy (non-hydrogen) atoms. The van der Waals surface area contributed by atoms with E-state index in [0.29, 0.717) is 13.2 Å². The van der Waals surface area contributed by atoms with Crippen molar-refractivity contribution in [2.24, 2.45) is 0 Å². The lowest BCUT2D eigenvalue weighted by molar-refractivity contribution is 0.0115. The second kappa shape index (κ2) is 12.6. The molecular weight excluding hydrogens is 254 g/mol. The van der Waals surface area contributed by atoms with Gasteiger partial charge in [0.1, 0.15) is 0 Å². The van der Waals surface area contributed by atoms with Crippen LogP contribution < -0.4 is 5.32 Å². The molecule has 0 aromatic carbocycles. The van der Waals surface area contributed by atoms with Crippen LogP contribution in [0.2, 0.25) is 0 Å². The number of methoxy groups -OCH3 is 1. The smallest absolute Gasteiger partial charge is 0.0897 e. The van der Waals surface area contributed by atoms with Crippen molar-refractivity contribution in [3.8, 4) is 0 Å². The largest absolute Gasteiger partial charge is 0.389 e. The Morgan fingerprint density at radius 1 is 1.10 bits per heavy atom. The third kappa shape index (κ3) is 12.9. The highest BCUT2D eigenvalue weighted by Crippen LogP contribution is 2.05. The average molecular weight is 289 g/mol. The zero-order chi connectivity index (χ0) is 15.3. The predicted molar refractivity (Wildman–Crippen MR) is 84.2 cm³/mol. The highest BCUT2D eigenvalue weighted by Gasteiger charge is 2.16. The lowest BCUT2D eigenvalue weighted by atomic mass is 10.1. The summed E-state index contributed by atoms with van der Waals surface area (Å²) in [6.07, 6.45) is 7.14. The molecule has 4 heteroatoms. The van der Waals surface area contributed by atoms with Gasteiger partial charge in [0, 0.05) is 26.8 Å². The summed E-state index contributed by atoms with van der Waals surface area (Å²) in [4.78, 5) is 0. The summed E-state index contributed by atoms with van der Waals surface area (Å²) in [5.74, 6) is 0. The Labute approximate surface area is 125 Å². The van der Waals surface area contributed by atoms with Crippen LogP contribution in [0.4, 0.5) is 0 Å². The van der Waals surface area contributed by atoms with Gasteiger partial charge in [-0.3, -0.25) is 0 Å². The maximum Gasteiger partial charge on any atom is 0.0897 e. The van der Waals surface area contributed by atoms with E-state index in [2.05, 4.69) is 12.2 Å². The van der Waals surface area contributed by atoms with E-state index in [0.717, 1.165) is 19.6 Å². The monoisotopic (exact) mass is 289 g/mol. The van der Waals surface area contributed by atoms with E-state index in [1.54, 1.807) is 7.11 Å². The van der Waals surface area contributed by atoms with E-state index in [9.17, 15) is 5.11 Å². The zero-order valence-corrected chi connectivity index (χ0v) is 13.9. The third-order valence-electron chi connectivity index (χ3n) is 3.44. The van der Waals surface area contributed by atoms with Crippen LogP contribution in [0.3, 0.4) is 0 Å². The normalized spacial score (nSPS) is 13.7. The maximum atomic E-state index is 9.76. The molecule has 0 spiro atoms. The number of hydrogen-bond donors (Lipinski definition) is 2. The minimum absolute atomic E-state index is 0.195. The van der Waals surface area contributed by atoms with Gasteiger partial charge in [-0.2, -0.15) is 0 Å². The lowest BCUT2D eigenvalue weighted by Gasteiger charge is -2.24. The first-order valence-electron chi connectivity index (χ1n) is 8.03. The number of unbranched alkanes of at least 4 members (excludes halogenated alkanes) is 5. The molecule has 122 valence electrons. The second-order valence-corrected chi connectivity index (χ2v) is 6.09. The standard InChI is InChI=1S/C16H35NO3/c1-5-6-7-8-9-10-11-20-13-15(18)12-17-14-16(2,3)19-4/h15,17-18H,5-14H2,1-4H3. The molecule has 0 aliphatic heterocycles. The van der Waals surface area contributed by atoms with Crippen LogP contribution in [0, 0.1) is 0 Å². The number of ether oxygens (including phenoxy) is 2. The van der Waals surface area contributed by atoms with Gasteiger partial charge in [0.15, 0.2) is 0 Å². The molecule has 2 N–H and O–H groups in total. The lowest BCUT2D eigenvalue weighted by Crippen LogP contribution is -2.40. The van der Waals surface area contributed by atoms with Gasteiger partial charge in [-0.05, 0) is 20.3 Å². The number of aliphatic hydroxyl groups is 1. The van der Waals surface area contributed by atoms with Crippen molar-refractivity contribution in [2.75, 3.05) is 33.4 Å². The van der Waals surface area contributed by atoms with Crippen molar-refractivity contribution in [2.45, 2.75) is 71.0 Å². The molecule has 0 saturated heterocycles. The molecule has 0 amide bonds. The fourth-order valence-electron chi connectivity index (χ4n) is 1.87. The van der Waals surface area contributed by atoms with Gasteiger partial charge < -0.3 is 19.9 Å². The molecule has 0 fully saturated rings. The SMILES string of the molecule is CCCCCCCCOCC(O)CNCC(C)(C)OC. The minimum atomic E-state index is -0.442. The fourth-order valence-corrected chi connectivity index (χ4v) is 1.87. The molecule has 0 aromatic rings. The highest BCUT2D eigenvalue weighted by atomic mass is 16.5. The molecule has 0 aromatic heterocycles. The van der Waals surface area contributed by atoms with Crippen LogP contribution in [-0.2, 0) is 9.47 Å². The molecular formula is C16H35NO3. The first-order chi connectivity index (χ1) is 9.52. The van der Waals surface area contributed by atoms with Gasteiger partial charge >= 0.3 is 0 Å². The molecule has 1 atom stereocenters. The molecule has 0 saturated carbocycles.